The summed E-state index contributed by atoms with van der Waals surface area (Å²) in [6.07, 6.45) is 1.93. The van der Waals surface area contributed by atoms with Crippen LogP contribution in [0.2, 0.25) is 0 Å². The van der Waals surface area contributed by atoms with Crippen molar-refractivity contribution in [2.45, 2.75) is 26.0 Å². The Hall–Kier alpha value is -0.400. The van der Waals surface area contributed by atoms with Gasteiger partial charge in [-0.1, -0.05) is 0 Å². The minimum Gasteiger partial charge on any atom is -0.380 e. The number of nitrogens with two attached hydrogens (primary N) is 1. The SMILES string of the molecule is COC(CN)CC(=O)N(C)Cc1cnc(C)s1.Cl.Cl. The molecule has 0 fully saturated rings. The maximum atomic E-state index is 11.9. The van der Waals surface area contributed by atoms with E-state index in [1.54, 1.807) is 36.6 Å². The van der Waals surface area contributed by atoms with Crippen molar-refractivity contribution in [3.8, 4) is 0 Å². The molecule has 1 aromatic heterocycles. The van der Waals surface area contributed by atoms with Gasteiger partial charge in [-0.05, 0) is 6.92 Å². The van der Waals surface area contributed by atoms with Gasteiger partial charge in [0.2, 0.25) is 5.91 Å². The number of hydrogen-bond donors (Lipinski definition) is 1. The van der Waals surface area contributed by atoms with Crippen molar-refractivity contribution >= 4 is 42.1 Å². The highest BCUT2D eigenvalue weighted by Crippen LogP contribution is 2.14. The van der Waals surface area contributed by atoms with Crippen LogP contribution in [-0.2, 0) is 16.1 Å². The van der Waals surface area contributed by atoms with Gasteiger partial charge in [-0.3, -0.25) is 4.79 Å². The summed E-state index contributed by atoms with van der Waals surface area (Å²) in [4.78, 5) is 18.8. The van der Waals surface area contributed by atoms with E-state index in [9.17, 15) is 4.79 Å². The largest absolute Gasteiger partial charge is 0.380 e. The monoisotopic (exact) mass is 329 g/mol. The van der Waals surface area contributed by atoms with Crippen LogP contribution < -0.4 is 5.73 Å². The van der Waals surface area contributed by atoms with Gasteiger partial charge in [0, 0.05) is 31.8 Å². The van der Waals surface area contributed by atoms with Crippen LogP contribution >= 0.6 is 36.2 Å². The molecule has 19 heavy (non-hydrogen) atoms. The second-order valence-corrected chi connectivity index (χ2v) is 5.21. The molecule has 1 rings (SSSR count). The lowest BCUT2D eigenvalue weighted by molar-refractivity contribution is -0.132. The minimum absolute atomic E-state index is 0. The minimum atomic E-state index is -0.201. The molecule has 5 nitrogen and oxygen atoms in total. The quantitative estimate of drug-likeness (QED) is 0.861. The first-order valence-corrected chi connectivity index (χ1v) is 6.26. The second kappa shape index (κ2) is 10.4. The average molecular weight is 330 g/mol. The van der Waals surface area contributed by atoms with Crippen molar-refractivity contribution in [1.29, 1.82) is 0 Å². The molecule has 1 aromatic rings. The topological polar surface area (TPSA) is 68.5 Å². The zero-order chi connectivity index (χ0) is 12.8. The molecule has 0 saturated heterocycles. The van der Waals surface area contributed by atoms with Crippen molar-refractivity contribution in [1.82, 2.24) is 9.88 Å². The molecule has 1 atom stereocenters. The molecule has 0 aliphatic rings. The van der Waals surface area contributed by atoms with E-state index >= 15 is 0 Å². The first-order valence-electron chi connectivity index (χ1n) is 5.45. The summed E-state index contributed by atoms with van der Waals surface area (Å²) in [5, 5.41) is 1.01. The van der Waals surface area contributed by atoms with Crippen LogP contribution in [0.4, 0.5) is 0 Å². The van der Waals surface area contributed by atoms with Gasteiger partial charge in [0.05, 0.1) is 24.1 Å². The van der Waals surface area contributed by atoms with Gasteiger partial charge in [-0.25, -0.2) is 4.98 Å². The molecule has 0 saturated carbocycles. The number of carbonyl (C=O) groups is 1. The number of aromatic nitrogens is 1. The van der Waals surface area contributed by atoms with E-state index < -0.39 is 0 Å². The highest BCUT2D eigenvalue weighted by atomic mass is 35.5. The van der Waals surface area contributed by atoms with Crippen LogP contribution in [-0.4, -0.2) is 42.6 Å². The number of thiazole rings is 1. The smallest absolute Gasteiger partial charge is 0.225 e. The number of hydrogen-bond acceptors (Lipinski definition) is 5. The third-order valence-corrected chi connectivity index (χ3v) is 3.38. The van der Waals surface area contributed by atoms with Crippen molar-refractivity contribution in [3.05, 3.63) is 16.1 Å². The van der Waals surface area contributed by atoms with Crippen LogP contribution in [0.1, 0.15) is 16.3 Å². The zero-order valence-electron chi connectivity index (χ0n) is 11.3. The van der Waals surface area contributed by atoms with Crippen LogP contribution in [0, 0.1) is 6.92 Å². The van der Waals surface area contributed by atoms with E-state index in [2.05, 4.69) is 4.98 Å². The number of nitrogens with zero attached hydrogens (tertiary/aromatic N) is 2. The molecule has 0 spiro atoms. The molecule has 1 unspecified atom stereocenters. The Balaban J connectivity index is 0. The first kappa shape index (κ1) is 20.9. The van der Waals surface area contributed by atoms with Crippen LogP contribution in [0.3, 0.4) is 0 Å². The number of carbonyl (C=O) groups excluding carboxylic acids is 1. The maximum Gasteiger partial charge on any atom is 0.225 e. The fraction of sp³-hybridized carbons (Fsp3) is 0.636. The lowest BCUT2D eigenvalue weighted by Crippen LogP contribution is -2.33. The summed E-state index contributed by atoms with van der Waals surface area (Å²) in [7, 11) is 3.35. The molecule has 0 aliphatic heterocycles. The Bertz CT molecular complexity index is 373. The fourth-order valence-corrected chi connectivity index (χ4v) is 2.26. The van der Waals surface area contributed by atoms with Crippen molar-refractivity contribution in [2.24, 2.45) is 5.73 Å². The average Bonchev–Trinajstić information content (AvgIpc) is 2.71. The molecule has 0 radical (unpaired) electrons. The Morgan fingerprint density at radius 3 is 2.63 bits per heavy atom. The van der Waals surface area contributed by atoms with E-state index in [0.717, 1.165) is 9.88 Å². The summed E-state index contributed by atoms with van der Waals surface area (Å²) in [6, 6.07) is 0. The Morgan fingerprint density at radius 1 is 1.58 bits per heavy atom. The van der Waals surface area contributed by atoms with E-state index in [-0.39, 0.29) is 36.8 Å². The number of amides is 1. The van der Waals surface area contributed by atoms with Crippen molar-refractivity contribution < 1.29 is 9.53 Å². The predicted octanol–water partition coefficient (Wildman–Crippen LogP) is 1.62. The normalized spacial score (nSPS) is 11.2. The van der Waals surface area contributed by atoms with Crippen molar-refractivity contribution in [2.75, 3.05) is 20.7 Å². The van der Waals surface area contributed by atoms with E-state index in [1.807, 2.05) is 6.92 Å². The van der Waals surface area contributed by atoms with Gasteiger partial charge in [0.1, 0.15) is 0 Å². The lowest BCUT2D eigenvalue weighted by atomic mass is 10.2. The molecule has 8 heteroatoms. The molecular weight excluding hydrogens is 309 g/mol. The van der Waals surface area contributed by atoms with Crippen LogP contribution in [0.15, 0.2) is 6.20 Å². The highest BCUT2D eigenvalue weighted by Gasteiger charge is 2.16. The Labute approximate surface area is 130 Å². The van der Waals surface area contributed by atoms with Gasteiger partial charge in [0.25, 0.3) is 0 Å². The fourth-order valence-electron chi connectivity index (χ4n) is 1.41. The zero-order valence-corrected chi connectivity index (χ0v) is 13.7. The van der Waals surface area contributed by atoms with Gasteiger partial charge in [0.15, 0.2) is 0 Å². The Kier molecular flexibility index (Phi) is 11.4. The van der Waals surface area contributed by atoms with Gasteiger partial charge in [-0.15, -0.1) is 36.2 Å². The van der Waals surface area contributed by atoms with Crippen molar-refractivity contribution in [3.63, 3.8) is 0 Å². The third-order valence-electron chi connectivity index (χ3n) is 2.49. The second-order valence-electron chi connectivity index (χ2n) is 3.89. The summed E-state index contributed by atoms with van der Waals surface area (Å²) < 4.78 is 5.09. The van der Waals surface area contributed by atoms with E-state index in [1.165, 1.54) is 0 Å². The molecule has 0 aliphatic carbocycles. The summed E-state index contributed by atoms with van der Waals surface area (Å²) in [5.41, 5.74) is 5.48. The lowest BCUT2D eigenvalue weighted by Gasteiger charge is -2.19. The third kappa shape index (κ3) is 7.08. The molecule has 1 heterocycles. The highest BCUT2D eigenvalue weighted by molar-refractivity contribution is 7.11. The summed E-state index contributed by atoms with van der Waals surface area (Å²) >= 11 is 1.60. The molecular formula is C11H21Cl2N3O2S. The van der Waals surface area contributed by atoms with E-state index in [4.69, 9.17) is 10.5 Å². The molecule has 0 aromatic carbocycles. The molecule has 0 bridgehead atoms. The first-order chi connectivity index (χ1) is 8.06. The Morgan fingerprint density at radius 2 is 2.21 bits per heavy atom. The summed E-state index contributed by atoms with van der Waals surface area (Å²) in [5.74, 6) is 0.0355. The number of ether oxygens (including phenoxy) is 1. The molecule has 112 valence electrons. The number of aryl methyl sites for hydroxylation is 1. The number of rotatable bonds is 6. The van der Waals surface area contributed by atoms with E-state index in [0.29, 0.717) is 19.5 Å². The number of halogens is 2. The molecule has 1 amide bonds. The summed E-state index contributed by atoms with van der Waals surface area (Å²) in [6.45, 7) is 2.90. The molecule has 2 N–H and O–H groups in total. The van der Waals surface area contributed by atoms with Gasteiger partial charge < -0.3 is 15.4 Å². The van der Waals surface area contributed by atoms with Gasteiger partial charge >= 0.3 is 0 Å². The van der Waals surface area contributed by atoms with Gasteiger partial charge in [-0.2, -0.15) is 0 Å². The standard InChI is InChI=1S/C11H19N3O2S.2ClH/c1-8-13-6-10(17-8)7-14(2)11(15)4-9(5-12)16-3;;/h6,9H,4-5,7,12H2,1-3H3;2*1H. The predicted molar refractivity (Wildman–Crippen MR) is 82.3 cm³/mol. The van der Waals surface area contributed by atoms with Crippen LogP contribution in [0.5, 0.6) is 0 Å². The maximum absolute atomic E-state index is 11.9. The number of methoxy groups -OCH3 is 1. The van der Waals surface area contributed by atoms with Crippen LogP contribution in [0.25, 0.3) is 0 Å².